The number of likely N-dealkylation sites (N-methyl/N-ethyl adjacent to an activating group) is 1. The molecule has 2 amide bonds. The topological polar surface area (TPSA) is 152 Å². The lowest BCUT2D eigenvalue weighted by Crippen LogP contribution is -2.29. The number of benzene rings is 1. The lowest BCUT2D eigenvalue weighted by atomic mass is 10.1. The summed E-state index contributed by atoms with van der Waals surface area (Å²) in [7, 11) is 2.08. The van der Waals surface area contributed by atoms with Crippen LogP contribution >= 0.6 is 0 Å². The van der Waals surface area contributed by atoms with Crippen molar-refractivity contribution in [1.29, 1.82) is 0 Å². The van der Waals surface area contributed by atoms with Gasteiger partial charge in [-0.3, -0.25) is 19.5 Å². The van der Waals surface area contributed by atoms with Crippen LogP contribution in [0.25, 0.3) is 0 Å². The van der Waals surface area contributed by atoms with E-state index in [9.17, 15) is 9.59 Å². The maximum atomic E-state index is 12.8. The second-order valence-corrected chi connectivity index (χ2v) is 11.3. The zero-order valence-corrected chi connectivity index (χ0v) is 25.3. The number of amides is 2. The Balaban J connectivity index is 1.20. The summed E-state index contributed by atoms with van der Waals surface area (Å²) in [5, 5.41) is 2.84. The molecule has 0 bridgehead atoms. The van der Waals surface area contributed by atoms with Gasteiger partial charge in [-0.05, 0) is 74.7 Å². The van der Waals surface area contributed by atoms with Crippen molar-refractivity contribution in [3.8, 4) is 11.5 Å². The number of rotatable bonds is 12. The normalized spacial score (nSPS) is 16.9. The highest BCUT2D eigenvalue weighted by Crippen LogP contribution is 2.29. The molecule has 3 heterocycles. The van der Waals surface area contributed by atoms with Crippen molar-refractivity contribution in [2.24, 2.45) is 10.7 Å². The summed E-state index contributed by atoms with van der Waals surface area (Å²) in [6.45, 7) is 3.95. The van der Waals surface area contributed by atoms with Crippen LogP contribution in [0.2, 0.25) is 0 Å². The number of carbonyl (C=O) groups is 2. The van der Waals surface area contributed by atoms with Gasteiger partial charge in [0, 0.05) is 55.8 Å². The molecule has 44 heavy (non-hydrogen) atoms. The number of aliphatic imine (C=N–C) groups is 1. The number of nitrogens with zero attached hydrogens (tertiary/aromatic N) is 5. The van der Waals surface area contributed by atoms with E-state index in [0.717, 1.165) is 24.9 Å². The minimum Gasteiger partial charge on any atom is -0.456 e. The van der Waals surface area contributed by atoms with Crippen LogP contribution in [0.5, 0.6) is 11.5 Å². The molecular formula is C33H40N8O3. The molecule has 2 fully saturated rings. The van der Waals surface area contributed by atoms with Crippen LogP contribution in [0.3, 0.4) is 0 Å². The van der Waals surface area contributed by atoms with Gasteiger partial charge in [-0.1, -0.05) is 19.4 Å². The van der Waals surface area contributed by atoms with Crippen molar-refractivity contribution in [2.75, 3.05) is 37.7 Å². The zero-order chi connectivity index (χ0) is 31.1. The summed E-state index contributed by atoms with van der Waals surface area (Å²) in [4.78, 5) is 42.6. The molecular weight excluding hydrogens is 556 g/mol. The van der Waals surface area contributed by atoms with Gasteiger partial charge in [-0.25, -0.2) is 9.97 Å². The van der Waals surface area contributed by atoms with Gasteiger partial charge < -0.3 is 26.4 Å². The zero-order valence-electron chi connectivity index (χ0n) is 25.3. The highest BCUT2D eigenvalue weighted by Gasteiger charge is 2.27. The number of aryl methyl sites for hydroxylation is 1. The van der Waals surface area contributed by atoms with E-state index in [1.807, 2.05) is 18.2 Å². The third-order valence-corrected chi connectivity index (χ3v) is 7.77. The number of nitrogens with one attached hydrogen (secondary N) is 1. The lowest BCUT2D eigenvalue weighted by molar-refractivity contribution is -0.125. The van der Waals surface area contributed by atoms with Crippen molar-refractivity contribution in [1.82, 2.24) is 19.8 Å². The molecule has 0 unspecified atom stereocenters. The predicted octanol–water partition coefficient (Wildman–Crippen LogP) is 4.01. The second kappa shape index (κ2) is 14.1. The fourth-order valence-corrected chi connectivity index (χ4v) is 5.18. The molecule has 5 N–H and O–H groups in total. The molecule has 11 heteroatoms. The van der Waals surface area contributed by atoms with Crippen LogP contribution in [0.1, 0.15) is 54.1 Å². The van der Waals surface area contributed by atoms with Crippen molar-refractivity contribution < 1.29 is 14.3 Å². The number of carbonyl (C=O) groups excluding carboxylic acids is 2. The minimum atomic E-state index is -0.270. The molecule has 1 aliphatic heterocycles. The summed E-state index contributed by atoms with van der Waals surface area (Å²) < 4.78 is 6.11. The SMILES string of the molecule is CCCc1ccnc(NC(=O)c2ccc(Oc3ccnc(N)c3C(N)=N[C@@H]3CCN(C(=O)/C=C/CN(C)C4CC4)C3)cc2)c1. The van der Waals surface area contributed by atoms with Gasteiger partial charge in [0.15, 0.2) is 0 Å². The predicted molar refractivity (Wildman–Crippen MR) is 172 cm³/mol. The first kappa shape index (κ1) is 30.7. The number of ether oxygens (including phenoxy) is 1. The van der Waals surface area contributed by atoms with Gasteiger partial charge in [0.1, 0.15) is 34.5 Å². The lowest BCUT2D eigenvalue weighted by Gasteiger charge is -2.15. The third kappa shape index (κ3) is 7.99. The monoisotopic (exact) mass is 596 g/mol. The molecule has 2 aliphatic rings. The molecule has 3 aromatic rings. The number of amidine groups is 1. The van der Waals surface area contributed by atoms with Crippen molar-refractivity contribution in [2.45, 2.75) is 51.1 Å². The average Bonchev–Trinajstić information content (AvgIpc) is 3.76. The number of hydrogen-bond donors (Lipinski definition) is 3. The molecule has 0 spiro atoms. The van der Waals surface area contributed by atoms with Crippen molar-refractivity contribution >= 4 is 29.3 Å². The van der Waals surface area contributed by atoms with Crippen molar-refractivity contribution in [3.63, 3.8) is 0 Å². The van der Waals surface area contributed by atoms with Gasteiger partial charge >= 0.3 is 0 Å². The number of pyridine rings is 2. The van der Waals surface area contributed by atoms with Gasteiger partial charge in [0.25, 0.3) is 5.91 Å². The Hall–Kier alpha value is -4.77. The van der Waals surface area contributed by atoms with Crippen LogP contribution in [0, 0.1) is 0 Å². The molecule has 1 atom stereocenters. The van der Waals surface area contributed by atoms with Crippen LogP contribution in [0.15, 0.2) is 72.0 Å². The quantitative estimate of drug-likeness (QED) is 0.161. The van der Waals surface area contributed by atoms with Gasteiger partial charge in [-0.2, -0.15) is 0 Å². The number of nitrogen functional groups attached to an aromatic ring is 1. The first-order chi connectivity index (χ1) is 21.3. The summed E-state index contributed by atoms with van der Waals surface area (Å²) in [6, 6.07) is 12.7. The second-order valence-electron chi connectivity index (χ2n) is 11.3. The fraction of sp³-hybridized carbons (Fsp3) is 0.364. The van der Waals surface area contributed by atoms with E-state index in [4.69, 9.17) is 16.2 Å². The van der Waals surface area contributed by atoms with E-state index in [1.165, 1.54) is 19.0 Å². The van der Waals surface area contributed by atoms with E-state index < -0.39 is 0 Å². The number of anilines is 2. The molecule has 1 saturated heterocycles. The number of hydrogen-bond acceptors (Lipinski definition) is 8. The molecule has 230 valence electrons. The van der Waals surface area contributed by atoms with E-state index >= 15 is 0 Å². The summed E-state index contributed by atoms with van der Waals surface area (Å²) in [5.74, 6) is 1.48. The van der Waals surface area contributed by atoms with Crippen LogP contribution in [-0.2, 0) is 11.2 Å². The Morgan fingerprint density at radius 1 is 1.14 bits per heavy atom. The molecule has 5 rings (SSSR count). The Bertz CT molecular complexity index is 1530. The maximum Gasteiger partial charge on any atom is 0.256 e. The Morgan fingerprint density at radius 2 is 1.91 bits per heavy atom. The van der Waals surface area contributed by atoms with Crippen LogP contribution < -0.4 is 21.5 Å². The Morgan fingerprint density at radius 3 is 2.66 bits per heavy atom. The standard InChI is InChI=1S/C33H40N8O3/c1-3-5-22-13-16-36-28(20-22)39-33(43)23-7-11-26(12-8-23)44-27-14-17-37-31(34)30(27)32(35)38-24-15-19-41(21-24)29(42)6-4-18-40(2)25-9-10-25/h4,6-8,11-14,16-17,20,24-25H,3,5,9-10,15,18-19,21H2,1-2H3,(H2,34,37)(H2,35,38)(H,36,39,43)/b6-4+/t24-/m1/s1. The van der Waals surface area contributed by atoms with Gasteiger partial charge in [0.05, 0.1) is 6.04 Å². The molecule has 1 aliphatic carbocycles. The van der Waals surface area contributed by atoms with Gasteiger partial charge in [0.2, 0.25) is 5.91 Å². The van der Waals surface area contributed by atoms with E-state index in [0.29, 0.717) is 54.0 Å². The first-order valence-electron chi connectivity index (χ1n) is 15.1. The highest BCUT2D eigenvalue weighted by atomic mass is 16.5. The Labute approximate surface area is 258 Å². The fourth-order valence-electron chi connectivity index (χ4n) is 5.18. The van der Waals surface area contributed by atoms with Crippen molar-refractivity contribution in [3.05, 3.63) is 83.7 Å². The summed E-state index contributed by atoms with van der Waals surface area (Å²) >= 11 is 0. The number of aromatic nitrogens is 2. The molecule has 11 nitrogen and oxygen atoms in total. The Kier molecular flexibility index (Phi) is 9.86. The van der Waals surface area contributed by atoms with Crippen LogP contribution in [-0.4, -0.2) is 76.2 Å². The minimum absolute atomic E-state index is 0.0196. The van der Waals surface area contributed by atoms with E-state index in [2.05, 4.69) is 39.1 Å². The molecule has 2 aromatic heterocycles. The third-order valence-electron chi connectivity index (χ3n) is 7.77. The summed E-state index contributed by atoms with van der Waals surface area (Å²) in [5.41, 5.74) is 14.6. The molecule has 1 aromatic carbocycles. The van der Waals surface area contributed by atoms with Gasteiger partial charge in [-0.15, -0.1) is 0 Å². The number of nitrogens with two attached hydrogens (primary N) is 2. The van der Waals surface area contributed by atoms with E-state index in [-0.39, 0.29) is 29.5 Å². The maximum absolute atomic E-state index is 12.8. The smallest absolute Gasteiger partial charge is 0.256 e. The highest BCUT2D eigenvalue weighted by molar-refractivity contribution is 6.04. The first-order valence-corrected chi connectivity index (χ1v) is 15.1. The van der Waals surface area contributed by atoms with Crippen LogP contribution in [0.4, 0.5) is 11.6 Å². The average molecular weight is 597 g/mol. The molecule has 1 saturated carbocycles. The number of likely N-dealkylation sites (tertiary alicyclic amines) is 1. The summed E-state index contributed by atoms with van der Waals surface area (Å²) in [6.07, 6.45) is 11.9. The molecule has 0 radical (unpaired) electrons. The van der Waals surface area contributed by atoms with E-state index in [1.54, 1.807) is 47.5 Å². The largest absolute Gasteiger partial charge is 0.456 e.